The molecule has 8 nitrogen and oxygen atoms in total. The molecule has 150 valence electrons. The molecule has 3 rings (SSSR count). The number of benzene rings is 3. The number of anilines is 1. The third kappa shape index (κ3) is 5.27. The van der Waals surface area contributed by atoms with Gasteiger partial charge in [-0.2, -0.15) is 5.10 Å². The minimum atomic E-state index is -0.538. The predicted molar refractivity (Wildman–Crippen MR) is 114 cm³/mol. The molecule has 3 aromatic rings. The molecular weight excluding hydrogens is 408 g/mol. The Bertz CT molecular complexity index is 1110. The van der Waals surface area contributed by atoms with Crippen molar-refractivity contribution in [1.82, 2.24) is 5.43 Å². The zero-order valence-electron chi connectivity index (χ0n) is 15.4. The summed E-state index contributed by atoms with van der Waals surface area (Å²) in [6.45, 7) is 0. The molecule has 0 unspecified atom stereocenters. The van der Waals surface area contributed by atoms with Gasteiger partial charge in [-0.25, -0.2) is 5.43 Å². The van der Waals surface area contributed by atoms with E-state index in [0.29, 0.717) is 21.8 Å². The van der Waals surface area contributed by atoms with E-state index >= 15 is 0 Å². The van der Waals surface area contributed by atoms with Gasteiger partial charge in [0.05, 0.1) is 11.1 Å². The first-order chi connectivity index (χ1) is 14.4. The standard InChI is InChI=1S/C21H15ClN4O4/c22-19-4-2-1-3-16(19)13-23-25-21(28)15-5-9-17(10-6-15)24-20(27)14-7-11-18(12-8-14)26(29)30/h1-13H,(H,24,27)(H,25,28)/b23-13-. The van der Waals surface area contributed by atoms with Crippen molar-refractivity contribution in [3.05, 3.63) is 105 Å². The molecule has 0 saturated carbocycles. The monoisotopic (exact) mass is 422 g/mol. The lowest BCUT2D eigenvalue weighted by molar-refractivity contribution is -0.384. The number of halogens is 1. The van der Waals surface area contributed by atoms with E-state index in [1.54, 1.807) is 36.4 Å². The van der Waals surface area contributed by atoms with Crippen LogP contribution in [0.3, 0.4) is 0 Å². The molecule has 2 N–H and O–H groups in total. The Morgan fingerprint density at radius 2 is 1.50 bits per heavy atom. The molecule has 0 spiro atoms. The minimum Gasteiger partial charge on any atom is -0.322 e. The molecule has 9 heteroatoms. The predicted octanol–water partition coefficient (Wildman–Crippen LogP) is 4.26. The fraction of sp³-hybridized carbons (Fsp3) is 0. The summed E-state index contributed by atoms with van der Waals surface area (Å²) in [5, 5.41) is 17.7. The first kappa shape index (κ1) is 20.7. The van der Waals surface area contributed by atoms with Crippen molar-refractivity contribution < 1.29 is 14.5 Å². The van der Waals surface area contributed by atoms with Crippen molar-refractivity contribution in [2.45, 2.75) is 0 Å². The van der Waals surface area contributed by atoms with Crippen LogP contribution in [-0.4, -0.2) is 23.0 Å². The quantitative estimate of drug-likeness (QED) is 0.351. The summed E-state index contributed by atoms with van der Waals surface area (Å²) in [6, 6.07) is 18.5. The van der Waals surface area contributed by atoms with Crippen molar-refractivity contribution in [3.63, 3.8) is 0 Å². The van der Waals surface area contributed by atoms with Gasteiger partial charge in [-0.3, -0.25) is 19.7 Å². The summed E-state index contributed by atoms with van der Waals surface area (Å²) < 4.78 is 0. The molecule has 0 heterocycles. The van der Waals surface area contributed by atoms with Gasteiger partial charge in [0.1, 0.15) is 0 Å². The van der Waals surface area contributed by atoms with Gasteiger partial charge in [0.25, 0.3) is 17.5 Å². The summed E-state index contributed by atoms with van der Waals surface area (Å²) in [5.41, 5.74) is 4.07. The number of hydrogen-bond donors (Lipinski definition) is 2. The van der Waals surface area contributed by atoms with Crippen LogP contribution in [-0.2, 0) is 0 Å². The average molecular weight is 423 g/mol. The molecule has 0 fully saturated rings. The van der Waals surface area contributed by atoms with Crippen LogP contribution < -0.4 is 10.7 Å². The molecule has 0 radical (unpaired) electrons. The molecule has 0 atom stereocenters. The summed E-state index contributed by atoms with van der Waals surface area (Å²) >= 11 is 6.01. The van der Waals surface area contributed by atoms with Crippen LogP contribution in [0.5, 0.6) is 0 Å². The minimum absolute atomic E-state index is 0.0980. The zero-order valence-corrected chi connectivity index (χ0v) is 16.2. The van der Waals surface area contributed by atoms with E-state index in [1.807, 2.05) is 0 Å². The van der Waals surface area contributed by atoms with E-state index in [4.69, 9.17) is 11.6 Å². The number of rotatable bonds is 6. The molecule has 3 aromatic carbocycles. The second-order valence-corrected chi connectivity index (χ2v) is 6.46. The van der Waals surface area contributed by atoms with Crippen molar-refractivity contribution in [3.8, 4) is 0 Å². The zero-order chi connectivity index (χ0) is 21.5. The first-order valence-corrected chi connectivity index (χ1v) is 9.05. The molecule has 0 aliphatic rings. The van der Waals surface area contributed by atoms with Crippen LogP contribution in [0.25, 0.3) is 0 Å². The first-order valence-electron chi connectivity index (χ1n) is 8.68. The summed E-state index contributed by atoms with van der Waals surface area (Å²) in [4.78, 5) is 34.5. The maximum atomic E-state index is 12.2. The number of carbonyl (C=O) groups is 2. The van der Waals surface area contributed by atoms with Gasteiger partial charge in [0.15, 0.2) is 0 Å². The van der Waals surface area contributed by atoms with Crippen LogP contribution >= 0.6 is 11.6 Å². The van der Waals surface area contributed by atoms with Gasteiger partial charge >= 0.3 is 0 Å². The topological polar surface area (TPSA) is 114 Å². The van der Waals surface area contributed by atoms with E-state index < -0.39 is 16.7 Å². The Hall–Kier alpha value is -4.04. The number of hydrogen-bond acceptors (Lipinski definition) is 5. The van der Waals surface area contributed by atoms with Crippen LogP contribution in [0.15, 0.2) is 77.9 Å². The third-order valence-corrected chi connectivity index (χ3v) is 4.36. The van der Waals surface area contributed by atoms with Crippen LogP contribution in [0, 0.1) is 10.1 Å². The van der Waals surface area contributed by atoms with Crippen LogP contribution in [0.1, 0.15) is 26.3 Å². The van der Waals surface area contributed by atoms with Gasteiger partial charge in [-0.15, -0.1) is 0 Å². The van der Waals surface area contributed by atoms with E-state index in [2.05, 4.69) is 15.8 Å². The third-order valence-electron chi connectivity index (χ3n) is 4.02. The van der Waals surface area contributed by atoms with Crippen molar-refractivity contribution in [2.24, 2.45) is 5.10 Å². The molecule has 0 saturated heterocycles. The van der Waals surface area contributed by atoms with Gasteiger partial charge in [0, 0.05) is 39.5 Å². The lowest BCUT2D eigenvalue weighted by Gasteiger charge is -2.06. The molecule has 0 bridgehead atoms. The number of carbonyl (C=O) groups excluding carboxylic acids is 2. The molecule has 2 amide bonds. The highest BCUT2D eigenvalue weighted by molar-refractivity contribution is 6.33. The number of nitrogens with one attached hydrogen (secondary N) is 2. The van der Waals surface area contributed by atoms with Crippen molar-refractivity contribution >= 4 is 41.0 Å². The summed E-state index contributed by atoms with van der Waals surface area (Å²) in [5.74, 6) is -0.849. The Morgan fingerprint density at radius 3 is 2.13 bits per heavy atom. The Balaban J connectivity index is 1.58. The normalized spacial score (nSPS) is 10.6. The lowest BCUT2D eigenvalue weighted by Crippen LogP contribution is -2.18. The Morgan fingerprint density at radius 1 is 0.900 bits per heavy atom. The van der Waals surface area contributed by atoms with Crippen LogP contribution in [0.2, 0.25) is 5.02 Å². The number of nitro benzene ring substituents is 1. The maximum absolute atomic E-state index is 12.2. The molecule has 30 heavy (non-hydrogen) atoms. The highest BCUT2D eigenvalue weighted by atomic mass is 35.5. The average Bonchev–Trinajstić information content (AvgIpc) is 2.75. The summed E-state index contributed by atoms with van der Waals surface area (Å²) in [6.07, 6.45) is 1.44. The van der Waals surface area contributed by atoms with Gasteiger partial charge in [0.2, 0.25) is 0 Å². The number of amides is 2. The van der Waals surface area contributed by atoms with Crippen molar-refractivity contribution in [2.75, 3.05) is 5.32 Å². The highest BCUT2D eigenvalue weighted by Crippen LogP contribution is 2.15. The largest absolute Gasteiger partial charge is 0.322 e. The number of hydrazone groups is 1. The highest BCUT2D eigenvalue weighted by Gasteiger charge is 2.10. The maximum Gasteiger partial charge on any atom is 0.271 e. The van der Waals surface area contributed by atoms with Gasteiger partial charge in [-0.1, -0.05) is 29.8 Å². The summed E-state index contributed by atoms with van der Waals surface area (Å²) in [7, 11) is 0. The fourth-order valence-electron chi connectivity index (χ4n) is 2.45. The molecule has 0 aliphatic heterocycles. The van der Waals surface area contributed by atoms with E-state index in [1.165, 1.54) is 42.6 Å². The second-order valence-electron chi connectivity index (χ2n) is 6.06. The van der Waals surface area contributed by atoms with E-state index in [0.717, 1.165) is 0 Å². The van der Waals surface area contributed by atoms with Crippen LogP contribution in [0.4, 0.5) is 11.4 Å². The number of nitrogens with zero attached hydrogens (tertiary/aromatic N) is 2. The lowest BCUT2D eigenvalue weighted by atomic mass is 10.1. The number of non-ortho nitro benzene ring substituents is 1. The van der Waals surface area contributed by atoms with E-state index in [-0.39, 0.29) is 11.3 Å². The second kappa shape index (κ2) is 9.44. The Kier molecular flexibility index (Phi) is 6.51. The number of nitro groups is 1. The smallest absolute Gasteiger partial charge is 0.271 e. The van der Waals surface area contributed by atoms with Gasteiger partial charge in [-0.05, 0) is 42.5 Å². The molecular formula is C21H15ClN4O4. The molecule has 0 aliphatic carbocycles. The molecule has 0 aromatic heterocycles. The van der Waals surface area contributed by atoms with Gasteiger partial charge < -0.3 is 5.32 Å². The Labute approximate surface area is 176 Å². The van der Waals surface area contributed by atoms with E-state index in [9.17, 15) is 19.7 Å². The fourth-order valence-corrected chi connectivity index (χ4v) is 2.63. The SMILES string of the molecule is O=C(N/N=C\c1ccccc1Cl)c1ccc(NC(=O)c2ccc([N+](=O)[O-])cc2)cc1. The van der Waals surface area contributed by atoms with Crippen molar-refractivity contribution in [1.29, 1.82) is 0 Å².